The van der Waals surface area contributed by atoms with Crippen LogP contribution >= 0.6 is 0 Å². The summed E-state index contributed by atoms with van der Waals surface area (Å²) in [6.45, 7) is 4.92. The van der Waals surface area contributed by atoms with Gasteiger partial charge in [-0.15, -0.1) is 0 Å². The number of benzene rings is 1. The lowest BCUT2D eigenvalue weighted by Gasteiger charge is -2.32. The number of hydrogen-bond acceptors (Lipinski definition) is 3. The van der Waals surface area contributed by atoms with Gasteiger partial charge < -0.3 is 9.64 Å². The van der Waals surface area contributed by atoms with Crippen molar-refractivity contribution in [1.82, 2.24) is 9.80 Å². The van der Waals surface area contributed by atoms with E-state index in [-0.39, 0.29) is 17.6 Å². The van der Waals surface area contributed by atoms with Crippen molar-refractivity contribution in [3.63, 3.8) is 0 Å². The molecule has 1 aromatic carbocycles. The second-order valence-electron chi connectivity index (χ2n) is 7.01. The quantitative estimate of drug-likeness (QED) is 0.853. The van der Waals surface area contributed by atoms with Crippen LogP contribution in [0.15, 0.2) is 24.3 Å². The Labute approximate surface area is 136 Å². The number of nitrogens with zero attached hydrogens (tertiary/aromatic N) is 2. The summed E-state index contributed by atoms with van der Waals surface area (Å²) in [6, 6.07) is 7.14. The topological polar surface area (TPSA) is 32.8 Å². The fourth-order valence-electron chi connectivity index (χ4n) is 4.32. The zero-order valence-corrected chi connectivity index (χ0v) is 13.3. The molecule has 1 aromatic rings. The highest BCUT2D eigenvalue weighted by molar-refractivity contribution is 5.82. The number of carbonyl (C=O) groups is 1. The molecule has 4 nitrogen and oxygen atoms in total. The Morgan fingerprint density at radius 2 is 2.00 bits per heavy atom. The predicted octanol–water partition coefficient (Wildman–Crippen LogP) is 1.89. The first-order chi connectivity index (χ1) is 11.2. The molecule has 3 heterocycles. The second-order valence-corrected chi connectivity index (χ2v) is 7.01. The summed E-state index contributed by atoms with van der Waals surface area (Å²) in [5.74, 6) is 0.569. The van der Waals surface area contributed by atoms with Gasteiger partial charge in [-0.3, -0.25) is 9.69 Å². The fourth-order valence-corrected chi connectivity index (χ4v) is 4.32. The minimum Gasteiger partial charge on any atom is -0.381 e. The Morgan fingerprint density at radius 3 is 2.74 bits per heavy atom. The number of amides is 1. The van der Waals surface area contributed by atoms with Gasteiger partial charge >= 0.3 is 0 Å². The SMILES string of the molecule is O=C1[C@@H]2CN(C3CCOCC3)C[C@@H]2CN1Cc1cccc(F)c1. The molecule has 3 aliphatic rings. The Bertz CT molecular complexity index is 588. The van der Waals surface area contributed by atoms with Gasteiger partial charge in [-0.2, -0.15) is 0 Å². The summed E-state index contributed by atoms with van der Waals surface area (Å²) in [6.07, 6.45) is 2.17. The molecule has 124 valence electrons. The maximum atomic E-state index is 13.3. The number of carbonyl (C=O) groups excluding carboxylic acids is 1. The fraction of sp³-hybridized carbons (Fsp3) is 0.611. The van der Waals surface area contributed by atoms with E-state index in [1.54, 1.807) is 6.07 Å². The van der Waals surface area contributed by atoms with Crippen molar-refractivity contribution in [3.05, 3.63) is 35.6 Å². The summed E-state index contributed by atoms with van der Waals surface area (Å²) in [5, 5.41) is 0. The third kappa shape index (κ3) is 3.00. The van der Waals surface area contributed by atoms with Crippen molar-refractivity contribution in [2.45, 2.75) is 25.4 Å². The largest absolute Gasteiger partial charge is 0.381 e. The molecule has 3 aliphatic heterocycles. The summed E-state index contributed by atoms with van der Waals surface area (Å²) in [7, 11) is 0. The van der Waals surface area contributed by atoms with E-state index in [0.717, 1.165) is 51.3 Å². The molecule has 0 bridgehead atoms. The van der Waals surface area contributed by atoms with Crippen LogP contribution in [0.4, 0.5) is 4.39 Å². The molecule has 0 radical (unpaired) electrons. The van der Waals surface area contributed by atoms with Crippen molar-refractivity contribution in [3.8, 4) is 0 Å². The van der Waals surface area contributed by atoms with Gasteiger partial charge in [0.05, 0.1) is 5.92 Å². The van der Waals surface area contributed by atoms with E-state index in [1.165, 1.54) is 12.1 Å². The lowest BCUT2D eigenvalue weighted by atomic mass is 10.0. The molecule has 4 rings (SSSR count). The number of likely N-dealkylation sites (tertiary alicyclic amines) is 2. The lowest BCUT2D eigenvalue weighted by molar-refractivity contribution is -0.131. The third-order valence-corrected chi connectivity index (χ3v) is 5.52. The average Bonchev–Trinajstić information content (AvgIpc) is 3.09. The highest BCUT2D eigenvalue weighted by atomic mass is 19.1. The predicted molar refractivity (Wildman–Crippen MR) is 84.2 cm³/mol. The molecule has 0 unspecified atom stereocenters. The van der Waals surface area contributed by atoms with Gasteiger partial charge in [-0.05, 0) is 30.5 Å². The molecule has 0 saturated carbocycles. The summed E-state index contributed by atoms with van der Waals surface area (Å²) in [4.78, 5) is 17.1. The summed E-state index contributed by atoms with van der Waals surface area (Å²) in [5.41, 5.74) is 0.875. The lowest BCUT2D eigenvalue weighted by Crippen LogP contribution is -2.40. The highest BCUT2D eigenvalue weighted by Gasteiger charge is 2.47. The Hall–Kier alpha value is -1.46. The summed E-state index contributed by atoms with van der Waals surface area (Å²) < 4.78 is 18.7. The third-order valence-electron chi connectivity index (χ3n) is 5.52. The molecule has 23 heavy (non-hydrogen) atoms. The van der Waals surface area contributed by atoms with E-state index < -0.39 is 0 Å². The van der Waals surface area contributed by atoms with Crippen LogP contribution in [0.1, 0.15) is 18.4 Å². The zero-order valence-electron chi connectivity index (χ0n) is 13.3. The van der Waals surface area contributed by atoms with Gasteiger partial charge in [-0.1, -0.05) is 12.1 Å². The Kier molecular flexibility index (Phi) is 4.07. The molecule has 0 N–H and O–H groups in total. The number of ether oxygens (including phenoxy) is 1. The minimum atomic E-state index is -0.236. The molecule has 3 fully saturated rings. The maximum absolute atomic E-state index is 13.3. The van der Waals surface area contributed by atoms with E-state index in [1.807, 2.05) is 11.0 Å². The van der Waals surface area contributed by atoms with Gasteiger partial charge in [0.2, 0.25) is 5.91 Å². The first kappa shape index (κ1) is 15.1. The maximum Gasteiger partial charge on any atom is 0.227 e. The molecule has 0 aromatic heterocycles. The molecule has 5 heteroatoms. The van der Waals surface area contributed by atoms with Gasteiger partial charge in [0.25, 0.3) is 0 Å². The monoisotopic (exact) mass is 318 g/mol. The van der Waals surface area contributed by atoms with E-state index in [9.17, 15) is 9.18 Å². The smallest absolute Gasteiger partial charge is 0.227 e. The van der Waals surface area contributed by atoms with Crippen molar-refractivity contribution in [2.75, 3.05) is 32.8 Å². The number of fused-ring (bicyclic) bond motifs is 1. The van der Waals surface area contributed by atoms with Gasteiger partial charge in [-0.25, -0.2) is 4.39 Å². The summed E-state index contributed by atoms with van der Waals surface area (Å²) >= 11 is 0. The van der Waals surface area contributed by atoms with Crippen LogP contribution in [-0.4, -0.2) is 54.6 Å². The molecule has 2 atom stereocenters. The number of hydrogen-bond donors (Lipinski definition) is 0. The molecule has 0 spiro atoms. The Balaban J connectivity index is 1.38. The number of rotatable bonds is 3. The number of halogens is 1. The minimum absolute atomic E-state index is 0.131. The van der Waals surface area contributed by atoms with E-state index in [0.29, 0.717) is 18.5 Å². The molecular weight excluding hydrogens is 295 g/mol. The van der Waals surface area contributed by atoms with Crippen LogP contribution in [0, 0.1) is 17.7 Å². The van der Waals surface area contributed by atoms with Gasteiger partial charge in [0.15, 0.2) is 0 Å². The van der Waals surface area contributed by atoms with Crippen LogP contribution < -0.4 is 0 Å². The van der Waals surface area contributed by atoms with Gasteiger partial charge in [0, 0.05) is 51.4 Å². The van der Waals surface area contributed by atoms with Gasteiger partial charge in [0.1, 0.15) is 5.82 Å². The normalized spacial score (nSPS) is 29.3. The standard InChI is InChI=1S/C18H23FN2O2/c19-15-3-1-2-13(8-15)9-21-11-14-10-20(12-17(14)18(21)22)16-4-6-23-7-5-16/h1-3,8,14,16-17H,4-7,9-12H2/t14-,17-/m1/s1. The van der Waals surface area contributed by atoms with E-state index in [2.05, 4.69) is 4.90 Å². The van der Waals surface area contributed by atoms with E-state index in [4.69, 9.17) is 4.74 Å². The van der Waals surface area contributed by atoms with Crippen LogP contribution in [0.2, 0.25) is 0 Å². The van der Waals surface area contributed by atoms with Crippen molar-refractivity contribution < 1.29 is 13.9 Å². The zero-order chi connectivity index (χ0) is 15.8. The van der Waals surface area contributed by atoms with Crippen LogP contribution in [0.25, 0.3) is 0 Å². The van der Waals surface area contributed by atoms with Crippen LogP contribution in [0.3, 0.4) is 0 Å². The van der Waals surface area contributed by atoms with Crippen LogP contribution in [0.5, 0.6) is 0 Å². The molecule has 1 amide bonds. The average molecular weight is 318 g/mol. The van der Waals surface area contributed by atoms with Crippen LogP contribution in [-0.2, 0) is 16.1 Å². The molecule has 3 saturated heterocycles. The first-order valence-electron chi connectivity index (χ1n) is 8.56. The highest BCUT2D eigenvalue weighted by Crippen LogP contribution is 2.35. The van der Waals surface area contributed by atoms with Crippen molar-refractivity contribution in [1.29, 1.82) is 0 Å². The van der Waals surface area contributed by atoms with E-state index >= 15 is 0 Å². The van der Waals surface area contributed by atoms with Crippen molar-refractivity contribution >= 4 is 5.91 Å². The molecule has 0 aliphatic carbocycles. The first-order valence-corrected chi connectivity index (χ1v) is 8.56. The molecular formula is C18H23FN2O2. The second kappa shape index (κ2) is 6.21. The Morgan fingerprint density at radius 1 is 1.17 bits per heavy atom. The van der Waals surface area contributed by atoms with Crippen molar-refractivity contribution in [2.24, 2.45) is 11.8 Å².